The van der Waals surface area contributed by atoms with E-state index in [4.69, 9.17) is 5.11 Å². The Bertz CT molecular complexity index is 214. The summed E-state index contributed by atoms with van der Waals surface area (Å²) in [6, 6.07) is 0. The molecule has 0 spiro atoms. The van der Waals surface area contributed by atoms with Gasteiger partial charge in [0.15, 0.2) is 0 Å². The minimum atomic E-state index is -0.785. The summed E-state index contributed by atoms with van der Waals surface area (Å²) in [6.45, 7) is 8.78. The average molecular weight is 166 g/mol. The van der Waals surface area contributed by atoms with Crippen LogP contribution in [0.1, 0.15) is 13.3 Å². The van der Waals surface area contributed by atoms with Gasteiger partial charge in [0.25, 0.3) is 0 Å². The van der Waals surface area contributed by atoms with Gasteiger partial charge >= 0.3 is 5.97 Å². The van der Waals surface area contributed by atoms with Crippen molar-refractivity contribution >= 4 is 5.97 Å². The van der Waals surface area contributed by atoms with E-state index in [1.54, 1.807) is 25.2 Å². The van der Waals surface area contributed by atoms with Gasteiger partial charge in [-0.1, -0.05) is 38.3 Å². The van der Waals surface area contributed by atoms with Gasteiger partial charge in [-0.2, -0.15) is 0 Å². The van der Waals surface area contributed by atoms with Crippen LogP contribution in [-0.4, -0.2) is 11.1 Å². The van der Waals surface area contributed by atoms with Gasteiger partial charge in [-0.25, -0.2) is 0 Å². The van der Waals surface area contributed by atoms with Crippen LogP contribution in [0, 0.1) is 5.92 Å². The predicted octanol–water partition coefficient (Wildman–Crippen LogP) is 2.40. The van der Waals surface area contributed by atoms with E-state index < -0.39 is 5.97 Å². The summed E-state index contributed by atoms with van der Waals surface area (Å²) in [5, 5.41) is 8.61. The number of allylic oxidation sites excluding steroid dienone is 4. The number of carboxylic acids is 1. The predicted molar refractivity (Wildman–Crippen MR) is 49.9 cm³/mol. The van der Waals surface area contributed by atoms with Gasteiger partial charge in [0, 0.05) is 0 Å². The first-order chi connectivity index (χ1) is 5.61. The SMILES string of the molecule is C=C/C=C(\C=C)CC(C)C(=O)O. The maximum atomic E-state index is 10.5. The molecular weight excluding hydrogens is 152 g/mol. The second kappa shape index (κ2) is 5.35. The second-order valence-corrected chi connectivity index (χ2v) is 2.62. The lowest BCUT2D eigenvalue weighted by Crippen LogP contribution is -2.09. The molecule has 0 fully saturated rings. The molecule has 0 aromatic carbocycles. The second-order valence-electron chi connectivity index (χ2n) is 2.62. The molecule has 0 heterocycles. The summed E-state index contributed by atoms with van der Waals surface area (Å²) in [5.41, 5.74) is 0.903. The fourth-order valence-corrected chi connectivity index (χ4v) is 0.812. The highest BCUT2D eigenvalue weighted by Crippen LogP contribution is 2.12. The van der Waals surface area contributed by atoms with Gasteiger partial charge in [0.1, 0.15) is 0 Å². The summed E-state index contributed by atoms with van der Waals surface area (Å²) < 4.78 is 0. The number of hydrogen-bond acceptors (Lipinski definition) is 1. The van der Waals surface area contributed by atoms with Crippen LogP contribution in [-0.2, 0) is 4.79 Å². The Balaban J connectivity index is 4.20. The lowest BCUT2D eigenvalue weighted by molar-refractivity contribution is -0.141. The Morgan fingerprint density at radius 1 is 1.58 bits per heavy atom. The zero-order valence-electron chi connectivity index (χ0n) is 7.29. The van der Waals surface area contributed by atoms with Crippen molar-refractivity contribution in [3.05, 3.63) is 37.0 Å². The molecule has 1 N–H and O–H groups in total. The van der Waals surface area contributed by atoms with Crippen molar-refractivity contribution in [1.29, 1.82) is 0 Å². The number of aliphatic carboxylic acids is 1. The van der Waals surface area contributed by atoms with E-state index in [1.165, 1.54) is 0 Å². The number of carboxylic acid groups (broad SMARTS) is 1. The monoisotopic (exact) mass is 166 g/mol. The molecule has 0 aliphatic rings. The topological polar surface area (TPSA) is 37.3 Å². The highest BCUT2D eigenvalue weighted by molar-refractivity contribution is 5.70. The standard InChI is InChI=1S/C10H14O2/c1-4-6-9(5-2)7-8(3)10(11)12/h4-6,8H,1-2,7H2,3H3,(H,11,12)/b9-6+. The first kappa shape index (κ1) is 10.7. The van der Waals surface area contributed by atoms with Crippen molar-refractivity contribution < 1.29 is 9.90 Å². The summed E-state index contributed by atoms with van der Waals surface area (Å²) in [6.07, 6.45) is 5.56. The molecule has 0 saturated heterocycles. The molecule has 0 bridgehead atoms. The molecule has 0 aromatic heterocycles. The van der Waals surface area contributed by atoms with Gasteiger partial charge in [0.2, 0.25) is 0 Å². The molecule has 0 radical (unpaired) electrons. The van der Waals surface area contributed by atoms with Crippen molar-refractivity contribution in [3.8, 4) is 0 Å². The molecule has 1 unspecified atom stereocenters. The lowest BCUT2D eigenvalue weighted by atomic mass is 10.0. The third kappa shape index (κ3) is 3.76. The maximum absolute atomic E-state index is 10.5. The van der Waals surface area contributed by atoms with Crippen molar-refractivity contribution in [3.63, 3.8) is 0 Å². The normalized spacial score (nSPS) is 13.6. The Morgan fingerprint density at radius 3 is 2.50 bits per heavy atom. The minimum Gasteiger partial charge on any atom is -0.481 e. The van der Waals surface area contributed by atoms with Crippen LogP contribution in [0.5, 0.6) is 0 Å². The van der Waals surface area contributed by atoms with E-state index in [0.29, 0.717) is 6.42 Å². The van der Waals surface area contributed by atoms with Crippen molar-refractivity contribution in [2.75, 3.05) is 0 Å². The summed E-state index contributed by atoms with van der Waals surface area (Å²) in [4.78, 5) is 10.5. The van der Waals surface area contributed by atoms with Crippen LogP contribution in [0.2, 0.25) is 0 Å². The Labute approximate surface area is 72.9 Å². The smallest absolute Gasteiger partial charge is 0.306 e. The first-order valence-electron chi connectivity index (χ1n) is 3.78. The number of carbonyl (C=O) groups is 1. The van der Waals surface area contributed by atoms with Crippen LogP contribution in [0.4, 0.5) is 0 Å². The fraction of sp³-hybridized carbons (Fsp3) is 0.300. The molecule has 12 heavy (non-hydrogen) atoms. The molecule has 66 valence electrons. The minimum absolute atomic E-state index is 0.366. The van der Waals surface area contributed by atoms with Crippen LogP contribution in [0.15, 0.2) is 37.0 Å². The van der Waals surface area contributed by atoms with E-state index in [-0.39, 0.29) is 5.92 Å². The number of rotatable bonds is 5. The average Bonchev–Trinajstić information content (AvgIpc) is 2.03. The quantitative estimate of drug-likeness (QED) is 0.637. The third-order valence-corrected chi connectivity index (χ3v) is 1.56. The van der Waals surface area contributed by atoms with E-state index >= 15 is 0 Å². The van der Waals surface area contributed by atoms with Crippen LogP contribution in [0.25, 0.3) is 0 Å². The Morgan fingerprint density at radius 2 is 2.17 bits per heavy atom. The molecule has 1 atom stereocenters. The van der Waals surface area contributed by atoms with E-state index in [1.807, 2.05) is 0 Å². The largest absolute Gasteiger partial charge is 0.481 e. The number of hydrogen-bond donors (Lipinski definition) is 1. The molecule has 0 aromatic rings. The van der Waals surface area contributed by atoms with Crippen LogP contribution >= 0.6 is 0 Å². The van der Waals surface area contributed by atoms with E-state index in [9.17, 15) is 4.79 Å². The zero-order valence-corrected chi connectivity index (χ0v) is 7.29. The van der Waals surface area contributed by atoms with Crippen LogP contribution in [0.3, 0.4) is 0 Å². The first-order valence-corrected chi connectivity index (χ1v) is 3.78. The summed E-state index contributed by atoms with van der Waals surface area (Å²) >= 11 is 0. The van der Waals surface area contributed by atoms with Crippen molar-refractivity contribution in [2.24, 2.45) is 5.92 Å². The molecule has 2 nitrogen and oxygen atoms in total. The van der Waals surface area contributed by atoms with E-state index in [2.05, 4.69) is 13.2 Å². The Kier molecular flexibility index (Phi) is 4.77. The Hall–Kier alpha value is -1.31. The molecule has 0 saturated carbocycles. The fourth-order valence-electron chi connectivity index (χ4n) is 0.812. The molecular formula is C10H14O2. The lowest BCUT2D eigenvalue weighted by Gasteiger charge is -2.05. The van der Waals surface area contributed by atoms with Gasteiger partial charge in [-0.15, -0.1) is 0 Å². The molecule has 2 heteroatoms. The summed E-state index contributed by atoms with van der Waals surface area (Å²) in [7, 11) is 0. The molecule has 0 aliphatic heterocycles. The van der Waals surface area contributed by atoms with E-state index in [0.717, 1.165) is 5.57 Å². The third-order valence-electron chi connectivity index (χ3n) is 1.56. The highest BCUT2D eigenvalue weighted by Gasteiger charge is 2.10. The molecule has 0 amide bonds. The van der Waals surface area contributed by atoms with Gasteiger partial charge in [0.05, 0.1) is 5.92 Å². The zero-order chi connectivity index (χ0) is 9.56. The van der Waals surface area contributed by atoms with Gasteiger partial charge in [-0.05, 0) is 12.0 Å². The van der Waals surface area contributed by atoms with Crippen LogP contribution < -0.4 is 0 Å². The molecule has 0 aliphatic carbocycles. The van der Waals surface area contributed by atoms with Gasteiger partial charge in [-0.3, -0.25) is 4.79 Å². The summed E-state index contributed by atoms with van der Waals surface area (Å²) in [5.74, 6) is -1.15. The molecule has 0 rings (SSSR count). The van der Waals surface area contributed by atoms with Crippen molar-refractivity contribution in [1.82, 2.24) is 0 Å². The highest BCUT2D eigenvalue weighted by atomic mass is 16.4. The maximum Gasteiger partial charge on any atom is 0.306 e. The van der Waals surface area contributed by atoms with Crippen molar-refractivity contribution in [2.45, 2.75) is 13.3 Å². The van der Waals surface area contributed by atoms with Gasteiger partial charge < -0.3 is 5.11 Å².